The normalized spacial score (nSPS) is 10.1. The van der Waals surface area contributed by atoms with E-state index in [1.54, 1.807) is 7.05 Å². The maximum atomic E-state index is 11.4. The molecule has 0 aromatic carbocycles. The van der Waals surface area contributed by atoms with Gasteiger partial charge in [-0.05, 0) is 15.9 Å². The lowest BCUT2D eigenvalue weighted by atomic mass is 10.4. The van der Waals surface area contributed by atoms with Crippen molar-refractivity contribution in [2.45, 2.75) is 0 Å². The molecule has 0 aliphatic carbocycles. The molecule has 0 aliphatic heterocycles. The van der Waals surface area contributed by atoms with Gasteiger partial charge in [0.15, 0.2) is 10.3 Å². The van der Waals surface area contributed by atoms with Crippen molar-refractivity contribution in [2.75, 3.05) is 12.4 Å². The predicted molar refractivity (Wildman–Crippen MR) is 51.8 cm³/mol. The summed E-state index contributed by atoms with van der Waals surface area (Å²) >= 11 is 8.54. The molecule has 0 saturated carbocycles. The fourth-order valence-corrected chi connectivity index (χ4v) is 1.42. The van der Waals surface area contributed by atoms with Crippen molar-refractivity contribution in [3.8, 4) is 0 Å². The Morgan fingerprint density at radius 3 is 2.92 bits per heavy atom. The number of nitrogens with one attached hydrogen (secondary N) is 1. The third-order valence-electron chi connectivity index (χ3n) is 1.38. The van der Waals surface area contributed by atoms with E-state index in [1.807, 2.05) is 0 Å². The molecule has 0 spiro atoms. The summed E-state index contributed by atoms with van der Waals surface area (Å²) in [5.41, 5.74) is 0.394. The molecular formula is C6H8BrClN4O. The summed E-state index contributed by atoms with van der Waals surface area (Å²) in [5, 5.41) is 9.97. The zero-order chi connectivity index (χ0) is 9.84. The van der Waals surface area contributed by atoms with Gasteiger partial charge in [-0.1, -0.05) is 5.21 Å². The van der Waals surface area contributed by atoms with E-state index < -0.39 is 0 Å². The summed E-state index contributed by atoms with van der Waals surface area (Å²) in [5.74, 6) is 0.147. The van der Waals surface area contributed by atoms with Gasteiger partial charge in [0.2, 0.25) is 0 Å². The molecule has 5 nitrogen and oxygen atoms in total. The highest BCUT2D eigenvalue weighted by atomic mass is 79.9. The lowest BCUT2D eigenvalue weighted by Gasteiger charge is -2.01. The summed E-state index contributed by atoms with van der Waals surface area (Å²) in [4.78, 5) is 11.4. The van der Waals surface area contributed by atoms with Crippen LogP contribution in [0.15, 0.2) is 4.60 Å². The number of nitrogens with zero attached hydrogens (tertiary/aromatic N) is 3. The molecule has 0 unspecified atom stereocenters. The van der Waals surface area contributed by atoms with E-state index in [-0.39, 0.29) is 5.91 Å². The Morgan fingerprint density at radius 2 is 2.46 bits per heavy atom. The quantitative estimate of drug-likeness (QED) is 0.814. The highest BCUT2D eigenvalue weighted by Crippen LogP contribution is 2.10. The molecule has 72 valence electrons. The minimum absolute atomic E-state index is 0.236. The zero-order valence-electron chi connectivity index (χ0n) is 6.92. The van der Waals surface area contributed by atoms with Gasteiger partial charge < -0.3 is 5.32 Å². The van der Waals surface area contributed by atoms with Gasteiger partial charge in [0.1, 0.15) is 0 Å². The van der Waals surface area contributed by atoms with Gasteiger partial charge in [-0.25, -0.2) is 4.68 Å². The molecule has 0 radical (unpaired) electrons. The first-order valence-corrected chi connectivity index (χ1v) is 4.89. The molecule has 1 N–H and O–H groups in total. The Balaban J connectivity index is 2.76. The number of amides is 1. The van der Waals surface area contributed by atoms with E-state index in [0.717, 1.165) is 0 Å². The minimum atomic E-state index is -0.236. The lowest BCUT2D eigenvalue weighted by molar-refractivity contribution is 0.0946. The highest BCUT2D eigenvalue weighted by molar-refractivity contribution is 9.10. The van der Waals surface area contributed by atoms with Crippen molar-refractivity contribution in [3.05, 3.63) is 10.3 Å². The maximum Gasteiger partial charge on any atom is 0.272 e. The standard InChI is InChI=1S/C6H8BrClN4O/c1-12-4(5(7)10-11-12)6(13)9-3-2-8/h2-3H2,1H3,(H,9,13). The van der Waals surface area contributed by atoms with Gasteiger partial charge >= 0.3 is 0 Å². The second kappa shape index (κ2) is 4.57. The Labute approximate surface area is 88.6 Å². The smallest absolute Gasteiger partial charge is 0.272 e. The molecule has 13 heavy (non-hydrogen) atoms. The highest BCUT2D eigenvalue weighted by Gasteiger charge is 2.15. The molecule has 0 fully saturated rings. The third kappa shape index (κ3) is 2.41. The average molecular weight is 268 g/mol. The second-order valence-electron chi connectivity index (χ2n) is 2.30. The molecule has 7 heteroatoms. The van der Waals surface area contributed by atoms with Gasteiger partial charge in [0.25, 0.3) is 5.91 Å². The monoisotopic (exact) mass is 266 g/mol. The number of carbonyl (C=O) groups is 1. The fraction of sp³-hybridized carbons (Fsp3) is 0.500. The van der Waals surface area contributed by atoms with E-state index in [0.29, 0.717) is 22.7 Å². The topological polar surface area (TPSA) is 59.8 Å². The SMILES string of the molecule is Cn1nnc(Br)c1C(=O)NCCCl. The van der Waals surface area contributed by atoms with Crippen molar-refractivity contribution in [2.24, 2.45) is 7.05 Å². The van der Waals surface area contributed by atoms with Gasteiger partial charge in [-0.15, -0.1) is 16.7 Å². The summed E-state index contributed by atoms with van der Waals surface area (Å²) in [6.07, 6.45) is 0. The van der Waals surface area contributed by atoms with Crippen LogP contribution >= 0.6 is 27.5 Å². The summed E-state index contributed by atoms with van der Waals surface area (Å²) in [6.45, 7) is 0.429. The number of rotatable bonds is 3. The van der Waals surface area contributed by atoms with Crippen molar-refractivity contribution >= 4 is 33.4 Å². The largest absolute Gasteiger partial charge is 0.349 e. The molecule has 1 amide bonds. The van der Waals surface area contributed by atoms with Crippen molar-refractivity contribution in [3.63, 3.8) is 0 Å². The Morgan fingerprint density at radius 1 is 1.77 bits per heavy atom. The zero-order valence-corrected chi connectivity index (χ0v) is 9.26. The van der Waals surface area contributed by atoms with Crippen LogP contribution in [0.2, 0.25) is 0 Å². The number of alkyl halides is 1. The summed E-state index contributed by atoms with van der Waals surface area (Å²) < 4.78 is 1.83. The third-order valence-corrected chi connectivity index (χ3v) is 2.10. The molecule has 0 saturated heterocycles. The van der Waals surface area contributed by atoms with Gasteiger partial charge in [-0.3, -0.25) is 4.79 Å². The second-order valence-corrected chi connectivity index (χ2v) is 3.43. The van der Waals surface area contributed by atoms with Crippen LogP contribution in [0.5, 0.6) is 0 Å². The molecule has 0 aliphatic rings. The van der Waals surface area contributed by atoms with Crippen LogP contribution in [0.1, 0.15) is 10.5 Å². The first kappa shape index (κ1) is 10.5. The van der Waals surface area contributed by atoms with E-state index in [9.17, 15) is 4.79 Å². The fourth-order valence-electron chi connectivity index (χ4n) is 0.817. The number of hydrogen-bond donors (Lipinski definition) is 1. The van der Waals surface area contributed by atoms with Gasteiger partial charge in [0, 0.05) is 19.5 Å². The first-order chi connectivity index (χ1) is 6.16. The van der Waals surface area contributed by atoms with Crippen LogP contribution in [0, 0.1) is 0 Å². The van der Waals surface area contributed by atoms with Crippen LogP contribution in [0.3, 0.4) is 0 Å². The van der Waals surface area contributed by atoms with Gasteiger partial charge in [-0.2, -0.15) is 0 Å². The van der Waals surface area contributed by atoms with Crippen molar-refractivity contribution in [1.82, 2.24) is 20.3 Å². The first-order valence-electron chi connectivity index (χ1n) is 3.56. The maximum absolute atomic E-state index is 11.4. The van der Waals surface area contributed by atoms with E-state index in [4.69, 9.17) is 11.6 Å². The van der Waals surface area contributed by atoms with Gasteiger partial charge in [0.05, 0.1) is 0 Å². The van der Waals surface area contributed by atoms with Crippen LogP contribution in [-0.4, -0.2) is 33.3 Å². The number of halogens is 2. The lowest BCUT2D eigenvalue weighted by Crippen LogP contribution is -2.27. The van der Waals surface area contributed by atoms with Crippen molar-refractivity contribution < 1.29 is 4.79 Å². The summed E-state index contributed by atoms with van der Waals surface area (Å²) in [6, 6.07) is 0. The average Bonchev–Trinajstić information content (AvgIpc) is 2.42. The minimum Gasteiger partial charge on any atom is -0.349 e. The number of aromatic nitrogens is 3. The molecule has 0 bridgehead atoms. The van der Waals surface area contributed by atoms with Crippen LogP contribution in [0.25, 0.3) is 0 Å². The molecule has 1 rings (SSSR count). The van der Waals surface area contributed by atoms with Crippen molar-refractivity contribution in [1.29, 1.82) is 0 Å². The van der Waals surface area contributed by atoms with Crippen LogP contribution in [-0.2, 0) is 7.05 Å². The summed E-state index contributed by atoms with van der Waals surface area (Å²) in [7, 11) is 1.65. The Hall–Kier alpha value is -0.620. The van der Waals surface area contributed by atoms with E-state index in [1.165, 1.54) is 4.68 Å². The molecule has 1 aromatic rings. The molecule has 1 aromatic heterocycles. The van der Waals surface area contributed by atoms with Crippen LogP contribution < -0.4 is 5.32 Å². The Kier molecular flexibility index (Phi) is 3.68. The number of hydrogen-bond acceptors (Lipinski definition) is 3. The molecular weight excluding hydrogens is 259 g/mol. The van der Waals surface area contributed by atoms with E-state index in [2.05, 4.69) is 31.6 Å². The number of carbonyl (C=O) groups excluding carboxylic acids is 1. The predicted octanol–water partition coefficient (Wildman–Crippen LogP) is 0.546. The van der Waals surface area contributed by atoms with Crippen LogP contribution in [0.4, 0.5) is 0 Å². The number of aryl methyl sites for hydroxylation is 1. The van der Waals surface area contributed by atoms with E-state index >= 15 is 0 Å². The Bertz CT molecular complexity index is 294. The molecule has 1 heterocycles. The molecule has 0 atom stereocenters.